The summed E-state index contributed by atoms with van der Waals surface area (Å²) < 4.78 is 0. The first-order valence-electron chi connectivity index (χ1n) is 13.1. The highest BCUT2D eigenvalue weighted by molar-refractivity contribution is 5.86. The van der Waals surface area contributed by atoms with Crippen LogP contribution in [0.1, 0.15) is 90.9 Å². The Labute approximate surface area is 188 Å². The normalized spacial score (nSPS) is 42.8. The molecule has 4 nitrogen and oxygen atoms in total. The van der Waals surface area contributed by atoms with Crippen LogP contribution in [0.15, 0.2) is 11.6 Å². The minimum absolute atomic E-state index is 0.0284. The standard InChI is InChI=1S/C27H42N2O2/c1-26-13-11-22(28-18-25(31)29-14-3-4-15-29)17-21(26)8-7-19-16-20-9-10-24(30)27(20,2)12-5-6-23(19)26/h8,19-20,22-23,28H,3-7,9-18H2,1-2H3. The zero-order valence-corrected chi connectivity index (χ0v) is 19.8. The van der Waals surface area contributed by atoms with Crippen molar-refractivity contribution in [1.82, 2.24) is 10.2 Å². The summed E-state index contributed by atoms with van der Waals surface area (Å²) in [6, 6.07) is 0.451. The molecule has 3 saturated carbocycles. The number of amides is 1. The Bertz CT molecular complexity index is 754. The number of carbonyl (C=O) groups is 2. The Hall–Kier alpha value is -1.16. The van der Waals surface area contributed by atoms with Gasteiger partial charge in [0.2, 0.25) is 5.91 Å². The Morgan fingerprint density at radius 1 is 1.10 bits per heavy atom. The van der Waals surface area contributed by atoms with Gasteiger partial charge in [-0.05, 0) is 87.4 Å². The summed E-state index contributed by atoms with van der Waals surface area (Å²) in [5, 5.41) is 3.61. The molecular formula is C27H42N2O2. The van der Waals surface area contributed by atoms with E-state index in [2.05, 4.69) is 25.2 Å². The predicted molar refractivity (Wildman–Crippen MR) is 124 cm³/mol. The van der Waals surface area contributed by atoms with E-state index < -0.39 is 0 Å². The molecule has 1 amide bonds. The summed E-state index contributed by atoms with van der Waals surface area (Å²) in [6.07, 6.45) is 16.5. The Morgan fingerprint density at radius 2 is 1.90 bits per heavy atom. The van der Waals surface area contributed by atoms with Crippen molar-refractivity contribution in [1.29, 1.82) is 0 Å². The summed E-state index contributed by atoms with van der Waals surface area (Å²) in [6.45, 7) is 7.22. The minimum Gasteiger partial charge on any atom is -0.342 e. The van der Waals surface area contributed by atoms with Crippen molar-refractivity contribution < 1.29 is 9.59 Å². The van der Waals surface area contributed by atoms with E-state index in [9.17, 15) is 9.59 Å². The van der Waals surface area contributed by atoms with Gasteiger partial charge in [-0.3, -0.25) is 9.59 Å². The number of nitrogens with one attached hydrogen (secondary N) is 1. The Kier molecular flexibility index (Phi) is 5.82. The van der Waals surface area contributed by atoms with E-state index in [1.54, 1.807) is 5.57 Å². The highest BCUT2D eigenvalue weighted by Crippen LogP contribution is 2.59. The van der Waals surface area contributed by atoms with Crippen molar-refractivity contribution in [2.45, 2.75) is 96.9 Å². The van der Waals surface area contributed by atoms with E-state index >= 15 is 0 Å². The third-order valence-electron chi connectivity index (χ3n) is 10.3. The highest BCUT2D eigenvalue weighted by Gasteiger charge is 2.52. The summed E-state index contributed by atoms with van der Waals surface area (Å²) in [7, 11) is 0. The molecule has 0 bridgehead atoms. The van der Waals surface area contributed by atoms with Gasteiger partial charge in [0.05, 0.1) is 6.54 Å². The zero-order valence-electron chi connectivity index (χ0n) is 19.8. The molecule has 1 heterocycles. The molecule has 4 aliphatic carbocycles. The van der Waals surface area contributed by atoms with Gasteiger partial charge >= 0.3 is 0 Å². The zero-order chi connectivity index (χ0) is 21.6. The summed E-state index contributed by atoms with van der Waals surface area (Å²) in [5.74, 6) is 2.98. The molecule has 172 valence electrons. The first-order valence-corrected chi connectivity index (χ1v) is 13.1. The van der Waals surface area contributed by atoms with Crippen LogP contribution >= 0.6 is 0 Å². The fourth-order valence-electron chi connectivity index (χ4n) is 8.17. The van der Waals surface area contributed by atoms with Gasteiger partial charge in [-0.15, -0.1) is 0 Å². The number of carbonyl (C=O) groups excluding carboxylic acids is 2. The highest BCUT2D eigenvalue weighted by atomic mass is 16.2. The average molecular weight is 427 g/mol. The second-order valence-electron chi connectivity index (χ2n) is 11.9. The maximum absolute atomic E-state index is 12.6. The second kappa shape index (κ2) is 8.32. The molecule has 4 fully saturated rings. The maximum Gasteiger partial charge on any atom is 0.236 e. The second-order valence-corrected chi connectivity index (χ2v) is 11.9. The number of rotatable bonds is 3. The predicted octanol–water partition coefficient (Wildman–Crippen LogP) is 4.88. The third kappa shape index (κ3) is 3.81. The monoisotopic (exact) mass is 426 g/mol. The lowest BCUT2D eigenvalue weighted by atomic mass is 9.52. The molecule has 31 heavy (non-hydrogen) atoms. The molecule has 1 N–H and O–H groups in total. The van der Waals surface area contributed by atoms with Gasteiger partial charge in [-0.2, -0.15) is 0 Å². The quantitative estimate of drug-likeness (QED) is 0.655. The van der Waals surface area contributed by atoms with Gasteiger partial charge in [0, 0.05) is 31.0 Å². The summed E-state index contributed by atoms with van der Waals surface area (Å²) in [4.78, 5) is 27.1. The van der Waals surface area contributed by atoms with Crippen LogP contribution in [0.5, 0.6) is 0 Å². The number of nitrogens with zero attached hydrogens (tertiary/aromatic N) is 1. The lowest BCUT2D eigenvalue weighted by Crippen LogP contribution is -2.48. The van der Waals surface area contributed by atoms with Gasteiger partial charge in [0.15, 0.2) is 0 Å². The first kappa shape index (κ1) is 21.7. The minimum atomic E-state index is -0.0284. The molecule has 1 aliphatic heterocycles. The van der Waals surface area contributed by atoms with E-state index in [1.165, 1.54) is 38.5 Å². The van der Waals surface area contributed by atoms with Crippen LogP contribution in [0, 0.1) is 28.6 Å². The molecule has 0 aromatic rings. The molecule has 0 aromatic carbocycles. The number of fused-ring (bicyclic) bond motifs is 4. The van der Waals surface area contributed by atoms with Crippen LogP contribution < -0.4 is 5.32 Å². The number of hydrogen-bond donors (Lipinski definition) is 1. The smallest absolute Gasteiger partial charge is 0.236 e. The summed E-state index contributed by atoms with van der Waals surface area (Å²) >= 11 is 0. The SMILES string of the molecule is CC12CCCC3C(CC=C4CC(NCC(=O)N5CCCC5)CCC43C)CC1CCC2=O. The molecular weight excluding hydrogens is 384 g/mol. The van der Waals surface area contributed by atoms with Gasteiger partial charge in [-0.25, -0.2) is 0 Å². The number of allylic oxidation sites excluding steroid dienone is 1. The molecule has 6 atom stereocenters. The largest absolute Gasteiger partial charge is 0.342 e. The van der Waals surface area contributed by atoms with E-state index in [0.29, 0.717) is 29.7 Å². The third-order valence-corrected chi connectivity index (χ3v) is 10.3. The van der Waals surface area contributed by atoms with Crippen LogP contribution in [-0.2, 0) is 9.59 Å². The van der Waals surface area contributed by atoms with Crippen LogP contribution in [0.3, 0.4) is 0 Å². The molecule has 0 aromatic heterocycles. The van der Waals surface area contributed by atoms with Crippen molar-refractivity contribution in [3.63, 3.8) is 0 Å². The van der Waals surface area contributed by atoms with Crippen LogP contribution in [-0.4, -0.2) is 42.3 Å². The number of likely N-dealkylation sites (tertiary alicyclic amines) is 1. The Morgan fingerprint density at radius 3 is 2.71 bits per heavy atom. The lowest BCUT2D eigenvalue weighted by Gasteiger charge is -2.53. The molecule has 1 saturated heterocycles. The fraction of sp³-hybridized carbons (Fsp3) is 0.852. The van der Waals surface area contributed by atoms with Gasteiger partial charge in [-0.1, -0.05) is 31.9 Å². The topological polar surface area (TPSA) is 49.4 Å². The van der Waals surface area contributed by atoms with Crippen molar-refractivity contribution >= 4 is 11.7 Å². The van der Waals surface area contributed by atoms with Gasteiger partial charge in [0.25, 0.3) is 0 Å². The van der Waals surface area contributed by atoms with E-state index in [0.717, 1.165) is 63.5 Å². The first-order chi connectivity index (χ1) is 14.9. The van der Waals surface area contributed by atoms with Crippen molar-refractivity contribution in [2.24, 2.45) is 28.6 Å². The molecule has 6 unspecified atom stereocenters. The van der Waals surface area contributed by atoms with E-state index in [-0.39, 0.29) is 11.3 Å². The summed E-state index contributed by atoms with van der Waals surface area (Å²) in [5.41, 5.74) is 1.97. The Balaban J connectivity index is 1.24. The van der Waals surface area contributed by atoms with Crippen LogP contribution in [0.2, 0.25) is 0 Å². The molecule has 4 heteroatoms. The van der Waals surface area contributed by atoms with Crippen molar-refractivity contribution in [2.75, 3.05) is 19.6 Å². The van der Waals surface area contributed by atoms with E-state index in [4.69, 9.17) is 0 Å². The average Bonchev–Trinajstić information content (AvgIpc) is 3.37. The fourth-order valence-corrected chi connectivity index (χ4v) is 8.17. The number of ketones is 1. The molecule has 5 rings (SSSR count). The van der Waals surface area contributed by atoms with E-state index in [1.807, 2.05) is 4.90 Å². The molecule has 5 aliphatic rings. The van der Waals surface area contributed by atoms with Crippen molar-refractivity contribution in [3.05, 3.63) is 11.6 Å². The lowest BCUT2D eigenvalue weighted by molar-refractivity contribution is -0.129. The number of hydrogen-bond acceptors (Lipinski definition) is 3. The van der Waals surface area contributed by atoms with Crippen molar-refractivity contribution in [3.8, 4) is 0 Å². The maximum atomic E-state index is 12.6. The molecule has 0 radical (unpaired) electrons. The number of Topliss-reactive ketones (excluding diaryl/α,β-unsaturated/α-hetero) is 1. The molecule has 0 spiro atoms. The van der Waals surface area contributed by atoms with Gasteiger partial charge < -0.3 is 10.2 Å². The van der Waals surface area contributed by atoms with Crippen LogP contribution in [0.4, 0.5) is 0 Å². The van der Waals surface area contributed by atoms with Gasteiger partial charge in [0.1, 0.15) is 5.78 Å². The van der Waals surface area contributed by atoms with Crippen LogP contribution in [0.25, 0.3) is 0 Å².